The molecular weight excluding hydrogens is 468 g/mol. The molecule has 3 aromatic carbocycles. The van der Waals surface area contributed by atoms with E-state index in [4.69, 9.17) is 0 Å². The summed E-state index contributed by atoms with van der Waals surface area (Å²) in [4.78, 5) is 8.99. The van der Waals surface area contributed by atoms with Crippen molar-refractivity contribution >= 4 is 26.7 Å². The largest absolute Gasteiger partial charge is 0.367 e. The summed E-state index contributed by atoms with van der Waals surface area (Å²) in [5.74, 6) is 0.914. The van der Waals surface area contributed by atoms with E-state index < -0.39 is 10.0 Å². The van der Waals surface area contributed by atoms with Crippen LogP contribution < -0.4 is 5.32 Å². The molecule has 6 rings (SSSR count). The van der Waals surface area contributed by atoms with Gasteiger partial charge in [0.15, 0.2) is 0 Å². The highest BCUT2D eigenvalue weighted by Crippen LogP contribution is 2.35. The van der Waals surface area contributed by atoms with Crippen LogP contribution in [0.5, 0.6) is 0 Å². The number of sulfonamides is 1. The van der Waals surface area contributed by atoms with Crippen LogP contribution in [0.3, 0.4) is 0 Å². The van der Waals surface area contributed by atoms with Crippen molar-refractivity contribution in [1.82, 2.24) is 14.3 Å². The summed E-state index contributed by atoms with van der Waals surface area (Å²) in [6.45, 7) is 2.48. The second kappa shape index (κ2) is 9.30. The minimum Gasteiger partial charge on any atom is -0.367 e. The van der Waals surface area contributed by atoms with Gasteiger partial charge in [0.05, 0.1) is 11.3 Å². The summed E-state index contributed by atoms with van der Waals surface area (Å²) in [5.41, 5.74) is 6.06. The topological polar surface area (TPSA) is 75.2 Å². The van der Waals surface area contributed by atoms with E-state index in [0.29, 0.717) is 12.6 Å². The zero-order valence-electron chi connectivity index (χ0n) is 20.4. The highest BCUT2D eigenvalue weighted by molar-refractivity contribution is 7.88. The van der Waals surface area contributed by atoms with Gasteiger partial charge in [-0.25, -0.2) is 18.4 Å². The van der Waals surface area contributed by atoms with Gasteiger partial charge in [-0.2, -0.15) is 4.31 Å². The lowest BCUT2D eigenvalue weighted by Crippen LogP contribution is -2.33. The SMILES string of the molecule is Cc1cc2ncnc(NC3CC3)c2cc1-c1cccc(CN(C2CC2)S(=O)(=O)Cc2ccccc2)c1. The summed E-state index contributed by atoms with van der Waals surface area (Å²) >= 11 is 0. The van der Waals surface area contributed by atoms with Crippen molar-refractivity contribution in [2.24, 2.45) is 0 Å². The van der Waals surface area contributed by atoms with Crippen LogP contribution in [0.2, 0.25) is 0 Å². The molecule has 0 aliphatic heterocycles. The van der Waals surface area contributed by atoms with Gasteiger partial charge in [0.1, 0.15) is 12.1 Å². The first kappa shape index (κ1) is 23.1. The molecule has 2 aliphatic carbocycles. The van der Waals surface area contributed by atoms with Crippen LogP contribution in [0.1, 0.15) is 42.4 Å². The Morgan fingerprint density at radius 2 is 1.69 bits per heavy atom. The molecule has 7 heteroatoms. The first-order valence-corrected chi connectivity index (χ1v) is 14.2. The third-order valence-corrected chi connectivity index (χ3v) is 8.82. The number of fused-ring (bicyclic) bond motifs is 1. The standard InChI is InChI=1S/C29H30N4O2S/c1-20-14-28-27(29(31-19-30-28)32-24-10-11-24)16-26(20)23-9-5-8-22(15-23)17-33(25-12-13-25)36(34,35)18-21-6-3-2-4-7-21/h2-9,14-16,19,24-25H,10-13,17-18H2,1H3,(H,30,31,32). The number of nitrogens with one attached hydrogen (secondary N) is 1. The molecular formula is C29H30N4O2S. The lowest BCUT2D eigenvalue weighted by molar-refractivity contribution is 0.398. The average Bonchev–Trinajstić information content (AvgIpc) is 3.79. The van der Waals surface area contributed by atoms with E-state index in [1.165, 1.54) is 12.8 Å². The second-order valence-corrected chi connectivity index (χ2v) is 12.0. The van der Waals surface area contributed by atoms with Crippen LogP contribution in [0.15, 0.2) is 73.1 Å². The van der Waals surface area contributed by atoms with Crippen molar-refractivity contribution in [3.63, 3.8) is 0 Å². The van der Waals surface area contributed by atoms with Crippen molar-refractivity contribution < 1.29 is 8.42 Å². The summed E-state index contributed by atoms with van der Waals surface area (Å²) < 4.78 is 28.5. The molecule has 2 saturated carbocycles. The minimum absolute atomic E-state index is 0.0323. The Labute approximate surface area is 212 Å². The molecule has 184 valence electrons. The fraction of sp³-hybridized carbons (Fsp3) is 0.310. The van der Waals surface area contributed by atoms with Gasteiger partial charge in [0.25, 0.3) is 0 Å². The van der Waals surface area contributed by atoms with Crippen molar-refractivity contribution in [3.05, 3.63) is 89.7 Å². The molecule has 0 saturated heterocycles. The zero-order valence-corrected chi connectivity index (χ0v) is 21.2. The highest BCUT2D eigenvalue weighted by atomic mass is 32.2. The summed E-state index contributed by atoms with van der Waals surface area (Å²) in [6.07, 6.45) is 5.82. The van der Waals surface area contributed by atoms with Crippen LogP contribution in [0.4, 0.5) is 5.82 Å². The molecule has 1 aromatic heterocycles. The monoisotopic (exact) mass is 498 g/mol. The Hall–Kier alpha value is -3.29. The lowest BCUT2D eigenvalue weighted by Gasteiger charge is -2.22. The van der Waals surface area contributed by atoms with Crippen molar-refractivity contribution in [2.45, 2.75) is 57.0 Å². The minimum atomic E-state index is -3.43. The fourth-order valence-corrected chi connectivity index (χ4v) is 6.55. The average molecular weight is 499 g/mol. The van der Waals surface area contributed by atoms with E-state index in [2.05, 4.69) is 46.5 Å². The Morgan fingerprint density at radius 3 is 2.44 bits per heavy atom. The molecule has 1 N–H and O–H groups in total. The van der Waals surface area contributed by atoms with Crippen LogP contribution in [0.25, 0.3) is 22.0 Å². The summed E-state index contributed by atoms with van der Waals surface area (Å²) in [7, 11) is -3.43. The molecule has 0 atom stereocenters. The number of hydrogen-bond donors (Lipinski definition) is 1. The van der Waals surface area contributed by atoms with Gasteiger partial charge >= 0.3 is 0 Å². The van der Waals surface area contributed by atoms with E-state index >= 15 is 0 Å². The van der Waals surface area contributed by atoms with E-state index in [1.807, 2.05) is 42.5 Å². The quantitative estimate of drug-likeness (QED) is 0.322. The van der Waals surface area contributed by atoms with Gasteiger partial charge in [-0.05, 0) is 78.6 Å². The molecule has 0 unspecified atom stereocenters. The molecule has 36 heavy (non-hydrogen) atoms. The van der Waals surface area contributed by atoms with Gasteiger partial charge in [-0.1, -0.05) is 48.5 Å². The lowest BCUT2D eigenvalue weighted by atomic mass is 9.97. The zero-order chi connectivity index (χ0) is 24.7. The molecule has 0 bridgehead atoms. The molecule has 0 amide bonds. The van der Waals surface area contributed by atoms with Gasteiger partial charge in [-0.15, -0.1) is 0 Å². The molecule has 2 fully saturated rings. The first-order valence-electron chi connectivity index (χ1n) is 12.6. The molecule has 0 spiro atoms. The predicted molar refractivity (Wildman–Crippen MR) is 144 cm³/mol. The summed E-state index contributed by atoms with van der Waals surface area (Å²) in [5, 5.41) is 4.54. The van der Waals surface area contributed by atoms with Crippen molar-refractivity contribution in [1.29, 1.82) is 0 Å². The van der Waals surface area contributed by atoms with Crippen LogP contribution >= 0.6 is 0 Å². The van der Waals surface area contributed by atoms with Gasteiger partial charge in [0, 0.05) is 24.0 Å². The molecule has 1 heterocycles. The predicted octanol–water partition coefficient (Wildman–Crippen LogP) is 5.67. The van der Waals surface area contributed by atoms with Crippen molar-refractivity contribution in [3.8, 4) is 11.1 Å². The number of anilines is 1. The van der Waals surface area contributed by atoms with E-state index in [1.54, 1.807) is 10.6 Å². The normalized spacial score (nSPS) is 15.9. The first-order chi connectivity index (χ1) is 17.5. The maximum absolute atomic E-state index is 13.4. The van der Waals surface area contributed by atoms with Crippen LogP contribution in [-0.2, 0) is 22.3 Å². The Balaban J connectivity index is 1.31. The smallest absolute Gasteiger partial charge is 0.218 e. The molecule has 4 aromatic rings. The number of benzene rings is 3. The van der Waals surface area contributed by atoms with Gasteiger partial charge < -0.3 is 5.32 Å². The highest BCUT2D eigenvalue weighted by Gasteiger charge is 2.37. The van der Waals surface area contributed by atoms with E-state index in [0.717, 1.165) is 57.4 Å². The maximum Gasteiger partial charge on any atom is 0.218 e. The number of nitrogens with zero attached hydrogens (tertiary/aromatic N) is 3. The third kappa shape index (κ3) is 4.99. The van der Waals surface area contributed by atoms with Crippen LogP contribution in [-0.4, -0.2) is 34.8 Å². The Bertz CT molecular complexity index is 1510. The Kier molecular flexibility index (Phi) is 5.97. The second-order valence-electron chi connectivity index (χ2n) is 10.0. The maximum atomic E-state index is 13.4. The third-order valence-electron chi connectivity index (χ3n) is 6.98. The number of aromatic nitrogens is 2. The molecule has 0 radical (unpaired) electrons. The Morgan fingerprint density at radius 1 is 0.917 bits per heavy atom. The summed E-state index contributed by atoms with van der Waals surface area (Å²) in [6, 6.07) is 22.6. The number of aryl methyl sites for hydroxylation is 1. The fourth-order valence-electron chi connectivity index (χ4n) is 4.76. The van der Waals surface area contributed by atoms with E-state index in [-0.39, 0.29) is 11.8 Å². The molecule has 2 aliphatic rings. The number of hydrogen-bond acceptors (Lipinski definition) is 5. The van der Waals surface area contributed by atoms with Crippen LogP contribution in [0, 0.1) is 6.92 Å². The molecule has 6 nitrogen and oxygen atoms in total. The number of rotatable bonds is 9. The van der Waals surface area contributed by atoms with Gasteiger partial charge in [0.2, 0.25) is 10.0 Å². The van der Waals surface area contributed by atoms with E-state index in [9.17, 15) is 8.42 Å². The van der Waals surface area contributed by atoms with Crippen molar-refractivity contribution in [2.75, 3.05) is 5.32 Å². The van der Waals surface area contributed by atoms with Gasteiger partial charge in [-0.3, -0.25) is 0 Å².